The second-order valence-corrected chi connectivity index (χ2v) is 6.69. The van der Waals surface area contributed by atoms with Crippen molar-refractivity contribution in [2.75, 3.05) is 18.0 Å². The Labute approximate surface area is 152 Å². The maximum Gasteiger partial charge on any atom is 0.234 e. The predicted molar refractivity (Wildman–Crippen MR) is 101 cm³/mol. The Kier molecular flexibility index (Phi) is 6.92. The Hall–Kier alpha value is -2.43. The number of anilines is 1. The standard InChI is InChI=1S/C14H13N3S.C4H10N2O/c15-10-12-9-11(14-16-5-8-18-14)3-4-13(12)17-6-1-2-7-17;1-2-3(5)4(6)7/h3-5,8-9H,1-2,6-7H2;3H,2,5H2,1H3,(H2,6,7)/t;3-/m.0/s1. The van der Waals surface area contributed by atoms with Crippen LogP contribution in [-0.2, 0) is 4.79 Å². The van der Waals surface area contributed by atoms with E-state index in [0.717, 1.165) is 34.9 Å². The Morgan fingerprint density at radius 2 is 2.16 bits per heavy atom. The zero-order valence-electron chi connectivity index (χ0n) is 14.3. The topological polar surface area (TPSA) is 109 Å². The zero-order valence-corrected chi connectivity index (χ0v) is 15.1. The van der Waals surface area contributed by atoms with Crippen LogP contribution < -0.4 is 16.4 Å². The van der Waals surface area contributed by atoms with E-state index in [1.54, 1.807) is 17.5 Å². The van der Waals surface area contributed by atoms with Crippen molar-refractivity contribution in [1.82, 2.24) is 4.98 Å². The number of rotatable bonds is 4. The average Bonchev–Trinajstić information content (AvgIpc) is 3.34. The van der Waals surface area contributed by atoms with Crippen molar-refractivity contribution < 1.29 is 4.79 Å². The van der Waals surface area contributed by atoms with Gasteiger partial charge < -0.3 is 16.4 Å². The van der Waals surface area contributed by atoms with Gasteiger partial charge in [-0.15, -0.1) is 11.3 Å². The van der Waals surface area contributed by atoms with Crippen molar-refractivity contribution in [3.8, 4) is 16.6 Å². The third kappa shape index (κ3) is 5.02. The fourth-order valence-corrected chi connectivity index (χ4v) is 3.19. The molecule has 3 rings (SSSR count). The van der Waals surface area contributed by atoms with Crippen molar-refractivity contribution in [2.24, 2.45) is 11.5 Å². The molecule has 7 heteroatoms. The quantitative estimate of drug-likeness (QED) is 0.874. The number of carbonyl (C=O) groups is 1. The molecule has 1 aliphatic rings. The summed E-state index contributed by atoms with van der Waals surface area (Å²) < 4.78 is 0. The molecule has 25 heavy (non-hydrogen) atoms. The summed E-state index contributed by atoms with van der Waals surface area (Å²) in [7, 11) is 0. The summed E-state index contributed by atoms with van der Waals surface area (Å²) in [5.41, 5.74) is 12.8. The molecule has 0 unspecified atom stereocenters. The Balaban J connectivity index is 0.000000277. The van der Waals surface area contributed by atoms with E-state index in [1.807, 2.05) is 18.4 Å². The molecule has 0 aliphatic carbocycles. The van der Waals surface area contributed by atoms with Crippen LogP contribution >= 0.6 is 11.3 Å². The first-order chi connectivity index (χ1) is 12.1. The van der Waals surface area contributed by atoms with Crippen molar-refractivity contribution >= 4 is 22.9 Å². The van der Waals surface area contributed by atoms with E-state index in [4.69, 9.17) is 11.5 Å². The summed E-state index contributed by atoms with van der Waals surface area (Å²) in [5.74, 6) is -0.428. The van der Waals surface area contributed by atoms with Crippen molar-refractivity contribution in [2.45, 2.75) is 32.2 Å². The highest BCUT2D eigenvalue weighted by Crippen LogP contribution is 2.30. The largest absolute Gasteiger partial charge is 0.370 e. The first kappa shape index (κ1) is 18.9. The molecule has 4 N–H and O–H groups in total. The highest BCUT2D eigenvalue weighted by Gasteiger charge is 2.16. The van der Waals surface area contributed by atoms with Gasteiger partial charge in [0, 0.05) is 30.2 Å². The van der Waals surface area contributed by atoms with Gasteiger partial charge in [-0.05, 0) is 37.5 Å². The number of primary amides is 1. The molecule has 132 valence electrons. The molecular formula is C18H23N5OS. The van der Waals surface area contributed by atoms with E-state index in [-0.39, 0.29) is 0 Å². The number of amides is 1. The van der Waals surface area contributed by atoms with Crippen molar-refractivity contribution in [1.29, 1.82) is 5.26 Å². The van der Waals surface area contributed by atoms with Crippen LogP contribution in [-0.4, -0.2) is 30.0 Å². The lowest BCUT2D eigenvalue weighted by atomic mass is 10.1. The van der Waals surface area contributed by atoms with Crippen LogP contribution in [0.2, 0.25) is 0 Å². The van der Waals surface area contributed by atoms with Crippen LogP contribution in [0.25, 0.3) is 10.6 Å². The molecule has 0 bridgehead atoms. The number of hydrogen-bond acceptors (Lipinski definition) is 6. The number of nitrogens with zero attached hydrogens (tertiary/aromatic N) is 3. The molecule has 1 saturated heterocycles. The van der Waals surface area contributed by atoms with Crippen molar-refractivity contribution in [3.63, 3.8) is 0 Å². The molecule has 1 atom stereocenters. The summed E-state index contributed by atoms with van der Waals surface area (Å²) in [6.07, 6.45) is 4.86. The Bertz CT molecular complexity index is 732. The molecule has 6 nitrogen and oxygen atoms in total. The molecule has 0 spiro atoms. The fraction of sp³-hybridized carbons (Fsp3) is 0.389. The van der Waals surface area contributed by atoms with Gasteiger partial charge in [-0.1, -0.05) is 6.92 Å². The smallest absolute Gasteiger partial charge is 0.234 e. The molecule has 1 amide bonds. The van der Waals surface area contributed by atoms with Crippen LogP contribution in [0, 0.1) is 11.3 Å². The summed E-state index contributed by atoms with van der Waals surface area (Å²) >= 11 is 1.60. The molecule has 1 aliphatic heterocycles. The van der Waals surface area contributed by atoms with Gasteiger partial charge in [-0.2, -0.15) is 5.26 Å². The molecule has 2 heterocycles. The third-order valence-electron chi connectivity index (χ3n) is 4.05. The van der Waals surface area contributed by atoms with Gasteiger partial charge in [-0.25, -0.2) is 4.98 Å². The lowest BCUT2D eigenvalue weighted by Gasteiger charge is -2.19. The minimum Gasteiger partial charge on any atom is -0.370 e. The molecule has 1 fully saturated rings. The molecule has 2 aromatic rings. The molecule has 0 saturated carbocycles. The van der Waals surface area contributed by atoms with E-state index < -0.39 is 11.9 Å². The summed E-state index contributed by atoms with van der Waals surface area (Å²) in [6, 6.07) is 7.92. The first-order valence-electron chi connectivity index (χ1n) is 8.30. The van der Waals surface area contributed by atoms with Crippen molar-refractivity contribution in [3.05, 3.63) is 35.3 Å². The maximum atomic E-state index is 10.0. The SMILES string of the molecule is CC[C@H](N)C(N)=O.N#Cc1cc(-c2nccs2)ccc1N1CCCC1. The molecular weight excluding hydrogens is 334 g/mol. The Morgan fingerprint density at radius 3 is 2.64 bits per heavy atom. The van der Waals surface area contributed by atoms with Gasteiger partial charge in [0.15, 0.2) is 0 Å². The number of aromatic nitrogens is 1. The van der Waals surface area contributed by atoms with E-state index in [9.17, 15) is 10.1 Å². The first-order valence-corrected chi connectivity index (χ1v) is 9.18. The maximum absolute atomic E-state index is 10.0. The summed E-state index contributed by atoms with van der Waals surface area (Å²) in [5, 5.41) is 12.2. The predicted octanol–water partition coefficient (Wildman–Crippen LogP) is 2.49. The minimum atomic E-state index is -0.458. The van der Waals surface area contributed by atoms with Crippen LogP contribution in [0.4, 0.5) is 5.69 Å². The monoisotopic (exact) mass is 357 g/mol. The van der Waals surface area contributed by atoms with Crippen LogP contribution in [0.1, 0.15) is 31.7 Å². The minimum absolute atomic E-state index is 0.428. The lowest BCUT2D eigenvalue weighted by molar-refractivity contribution is -0.119. The van der Waals surface area contributed by atoms with E-state index >= 15 is 0 Å². The van der Waals surface area contributed by atoms with E-state index in [2.05, 4.69) is 28.1 Å². The van der Waals surface area contributed by atoms with E-state index in [0.29, 0.717) is 6.42 Å². The number of carbonyl (C=O) groups excluding carboxylic acids is 1. The average molecular weight is 357 g/mol. The number of nitrogens with two attached hydrogens (primary N) is 2. The molecule has 1 aromatic carbocycles. The van der Waals surface area contributed by atoms with Gasteiger partial charge in [-0.3, -0.25) is 4.79 Å². The second-order valence-electron chi connectivity index (χ2n) is 5.79. The van der Waals surface area contributed by atoms with Gasteiger partial charge in [0.2, 0.25) is 5.91 Å². The van der Waals surface area contributed by atoms with Gasteiger partial charge >= 0.3 is 0 Å². The summed E-state index contributed by atoms with van der Waals surface area (Å²) in [4.78, 5) is 16.6. The zero-order chi connectivity index (χ0) is 18.2. The van der Waals surface area contributed by atoms with Crippen LogP contribution in [0.5, 0.6) is 0 Å². The fourth-order valence-electron chi connectivity index (χ4n) is 2.56. The molecule has 0 radical (unpaired) electrons. The van der Waals surface area contributed by atoms with E-state index in [1.165, 1.54) is 12.8 Å². The normalized spacial score (nSPS) is 14.4. The van der Waals surface area contributed by atoms with Gasteiger partial charge in [0.05, 0.1) is 17.3 Å². The Morgan fingerprint density at radius 1 is 1.44 bits per heavy atom. The highest BCUT2D eigenvalue weighted by molar-refractivity contribution is 7.13. The van der Waals surface area contributed by atoms with Gasteiger partial charge in [0.1, 0.15) is 11.1 Å². The van der Waals surface area contributed by atoms with Crippen LogP contribution in [0.3, 0.4) is 0 Å². The number of thiazole rings is 1. The number of hydrogen-bond donors (Lipinski definition) is 2. The lowest BCUT2D eigenvalue weighted by Crippen LogP contribution is -2.35. The third-order valence-corrected chi connectivity index (χ3v) is 4.87. The molecule has 1 aromatic heterocycles. The number of nitriles is 1. The second kappa shape index (κ2) is 9.16. The highest BCUT2D eigenvalue weighted by atomic mass is 32.1. The van der Waals surface area contributed by atoms with Crippen LogP contribution in [0.15, 0.2) is 29.8 Å². The summed E-state index contributed by atoms with van der Waals surface area (Å²) in [6.45, 7) is 3.94. The number of benzene rings is 1. The van der Waals surface area contributed by atoms with Gasteiger partial charge in [0.25, 0.3) is 0 Å².